The number of hydrogen-bond acceptors (Lipinski definition) is 3. The van der Waals surface area contributed by atoms with Crippen molar-refractivity contribution in [3.63, 3.8) is 0 Å². The minimum atomic E-state index is -0.412. The minimum absolute atomic E-state index is 0.186. The van der Waals surface area contributed by atoms with Crippen LogP contribution >= 0.6 is 0 Å². The number of unbranched alkanes of at least 4 members (excludes halogenated alkanes) is 1. The van der Waals surface area contributed by atoms with Gasteiger partial charge in [0.1, 0.15) is 5.60 Å². The Morgan fingerprint density at radius 2 is 2.21 bits per heavy atom. The van der Waals surface area contributed by atoms with Gasteiger partial charge in [-0.1, -0.05) is 6.08 Å². The number of nitrogens with zero attached hydrogens (tertiary/aromatic N) is 2. The third-order valence-electron chi connectivity index (χ3n) is 3.36. The minimum Gasteiger partial charge on any atom is -0.444 e. The normalized spacial score (nSPS) is 19.8. The largest absolute Gasteiger partial charge is 0.444 e. The molecule has 1 saturated heterocycles. The monoisotopic (exact) mass is 268 g/mol. The second kappa shape index (κ2) is 6.94. The van der Waals surface area contributed by atoms with E-state index in [0.29, 0.717) is 6.04 Å². The second-order valence-corrected chi connectivity index (χ2v) is 6.28. The van der Waals surface area contributed by atoms with Crippen molar-refractivity contribution in [1.29, 1.82) is 0 Å². The summed E-state index contributed by atoms with van der Waals surface area (Å²) in [5.74, 6) is 0. The molecule has 0 saturated carbocycles. The molecule has 0 N–H and O–H groups in total. The summed E-state index contributed by atoms with van der Waals surface area (Å²) in [6, 6.07) is 0.456. The first-order chi connectivity index (χ1) is 8.83. The van der Waals surface area contributed by atoms with Gasteiger partial charge in [-0.05, 0) is 53.6 Å². The topological polar surface area (TPSA) is 32.8 Å². The molecule has 1 fully saturated rings. The lowest BCUT2D eigenvalue weighted by molar-refractivity contribution is 0.0282. The molecule has 0 bridgehead atoms. The van der Waals surface area contributed by atoms with Crippen molar-refractivity contribution in [3.8, 4) is 0 Å². The maximum Gasteiger partial charge on any atom is 0.410 e. The Bertz CT molecular complexity index is 310. The molecular weight excluding hydrogens is 240 g/mol. The SMILES string of the molecule is C=CCCCN(C)[C@@H]1CCN(C(=O)OC(C)(C)C)C1. The van der Waals surface area contributed by atoms with E-state index in [4.69, 9.17) is 4.74 Å². The molecule has 1 aliphatic rings. The van der Waals surface area contributed by atoms with Crippen LogP contribution in [0.15, 0.2) is 12.7 Å². The standard InChI is InChI=1S/C15H28N2O2/c1-6-7-8-10-16(5)13-9-11-17(12-13)14(18)19-15(2,3)4/h6,13H,1,7-12H2,2-5H3/t13-/m1/s1. The number of likely N-dealkylation sites (tertiary alicyclic amines) is 1. The van der Waals surface area contributed by atoms with Crippen LogP contribution in [0.2, 0.25) is 0 Å². The predicted molar refractivity (Wildman–Crippen MR) is 78.3 cm³/mol. The van der Waals surface area contributed by atoms with Gasteiger partial charge in [-0.3, -0.25) is 0 Å². The van der Waals surface area contributed by atoms with E-state index in [2.05, 4.69) is 18.5 Å². The quantitative estimate of drug-likeness (QED) is 0.568. The van der Waals surface area contributed by atoms with Crippen LogP contribution in [-0.4, -0.2) is 54.2 Å². The second-order valence-electron chi connectivity index (χ2n) is 6.28. The van der Waals surface area contributed by atoms with Crippen LogP contribution < -0.4 is 0 Å². The molecule has 1 rings (SSSR count). The lowest BCUT2D eigenvalue weighted by Gasteiger charge is -2.26. The van der Waals surface area contributed by atoms with E-state index in [1.54, 1.807) is 0 Å². The zero-order valence-corrected chi connectivity index (χ0v) is 12.8. The van der Waals surface area contributed by atoms with Gasteiger partial charge in [-0.15, -0.1) is 6.58 Å². The third-order valence-corrected chi connectivity index (χ3v) is 3.36. The third kappa shape index (κ3) is 5.64. The molecule has 1 amide bonds. The number of carbonyl (C=O) groups is 1. The highest BCUT2D eigenvalue weighted by Gasteiger charge is 2.31. The molecule has 0 radical (unpaired) electrons. The molecule has 0 aromatic rings. The van der Waals surface area contributed by atoms with E-state index in [9.17, 15) is 4.79 Å². The van der Waals surface area contributed by atoms with Gasteiger partial charge in [0.2, 0.25) is 0 Å². The van der Waals surface area contributed by atoms with Crippen molar-refractivity contribution < 1.29 is 9.53 Å². The zero-order chi connectivity index (χ0) is 14.5. The number of ether oxygens (including phenoxy) is 1. The molecule has 0 spiro atoms. The molecule has 0 unspecified atom stereocenters. The summed E-state index contributed by atoms with van der Waals surface area (Å²) in [7, 11) is 2.13. The van der Waals surface area contributed by atoms with Gasteiger partial charge in [-0.25, -0.2) is 4.79 Å². The van der Waals surface area contributed by atoms with Gasteiger partial charge >= 0.3 is 6.09 Å². The van der Waals surface area contributed by atoms with E-state index in [0.717, 1.165) is 38.9 Å². The Balaban J connectivity index is 2.36. The van der Waals surface area contributed by atoms with Gasteiger partial charge in [0.25, 0.3) is 0 Å². The number of carbonyl (C=O) groups excluding carboxylic acids is 1. The van der Waals surface area contributed by atoms with Gasteiger partial charge in [0.05, 0.1) is 0 Å². The lowest BCUT2D eigenvalue weighted by Crippen LogP contribution is -2.39. The Hall–Kier alpha value is -1.03. The van der Waals surface area contributed by atoms with Crippen LogP contribution in [0.4, 0.5) is 4.79 Å². The summed E-state index contributed by atoms with van der Waals surface area (Å²) in [6.07, 6.45) is 4.98. The van der Waals surface area contributed by atoms with Crippen molar-refractivity contribution in [3.05, 3.63) is 12.7 Å². The van der Waals surface area contributed by atoms with Crippen molar-refractivity contribution >= 4 is 6.09 Å². The zero-order valence-electron chi connectivity index (χ0n) is 12.8. The van der Waals surface area contributed by atoms with Crippen LogP contribution in [0.3, 0.4) is 0 Å². The van der Waals surface area contributed by atoms with Crippen LogP contribution in [0.5, 0.6) is 0 Å². The van der Waals surface area contributed by atoms with E-state index in [1.165, 1.54) is 0 Å². The van der Waals surface area contributed by atoms with Crippen molar-refractivity contribution in [2.45, 2.75) is 51.7 Å². The van der Waals surface area contributed by atoms with Gasteiger partial charge in [0, 0.05) is 19.1 Å². The van der Waals surface area contributed by atoms with Crippen LogP contribution in [0, 0.1) is 0 Å². The van der Waals surface area contributed by atoms with Gasteiger partial charge in [0.15, 0.2) is 0 Å². The van der Waals surface area contributed by atoms with Gasteiger partial charge in [-0.2, -0.15) is 0 Å². The van der Waals surface area contributed by atoms with E-state index < -0.39 is 5.60 Å². The number of rotatable bonds is 5. The lowest BCUT2D eigenvalue weighted by atomic mass is 10.2. The summed E-state index contributed by atoms with van der Waals surface area (Å²) < 4.78 is 5.40. The fourth-order valence-electron chi connectivity index (χ4n) is 2.26. The molecule has 110 valence electrons. The summed E-state index contributed by atoms with van der Waals surface area (Å²) in [5, 5.41) is 0. The van der Waals surface area contributed by atoms with E-state index >= 15 is 0 Å². The Kier molecular flexibility index (Phi) is 5.85. The number of likely N-dealkylation sites (N-methyl/N-ethyl adjacent to an activating group) is 1. The first kappa shape index (κ1) is 16.0. The number of allylic oxidation sites excluding steroid dienone is 1. The molecule has 0 aromatic heterocycles. The Labute approximate surface area is 117 Å². The van der Waals surface area contributed by atoms with Crippen LogP contribution in [0.1, 0.15) is 40.0 Å². The van der Waals surface area contributed by atoms with Crippen molar-refractivity contribution in [2.24, 2.45) is 0 Å². The van der Waals surface area contributed by atoms with Gasteiger partial charge < -0.3 is 14.5 Å². The van der Waals surface area contributed by atoms with E-state index in [1.807, 2.05) is 31.7 Å². The molecule has 0 aromatic carbocycles. The molecule has 4 nitrogen and oxygen atoms in total. The predicted octanol–water partition coefficient (Wildman–Crippen LogP) is 2.89. The first-order valence-electron chi connectivity index (χ1n) is 7.12. The Morgan fingerprint density at radius 3 is 2.79 bits per heavy atom. The number of hydrogen-bond donors (Lipinski definition) is 0. The molecule has 1 aliphatic heterocycles. The summed E-state index contributed by atoms with van der Waals surface area (Å²) in [6.45, 7) is 12.1. The Morgan fingerprint density at radius 1 is 1.53 bits per heavy atom. The molecule has 1 atom stereocenters. The summed E-state index contributed by atoms with van der Waals surface area (Å²) in [4.78, 5) is 16.1. The van der Waals surface area contributed by atoms with Crippen molar-refractivity contribution in [1.82, 2.24) is 9.80 Å². The molecule has 4 heteroatoms. The molecular formula is C15H28N2O2. The smallest absolute Gasteiger partial charge is 0.410 e. The van der Waals surface area contributed by atoms with E-state index in [-0.39, 0.29) is 6.09 Å². The highest BCUT2D eigenvalue weighted by Crippen LogP contribution is 2.18. The highest BCUT2D eigenvalue weighted by atomic mass is 16.6. The average molecular weight is 268 g/mol. The highest BCUT2D eigenvalue weighted by molar-refractivity contribution is 5.68. The summed E-state index contributed by atoms with van der Waals surface area (Å²) >= 11 is 0. The maximum absolute atomic E-state index is 12.0. The van der Waals surface area contributed by atoms with Crippen LogP contribution in [0.25, 0.3) is 0 Å². The molecule has 0 aliphatic carbocycles. The average Bonchev–Trinajstić information content (AvgIpc) is 2.76. The van der Waals surface area contributed by atoms with Crippen molar-refractivity contribution in [2.75, 3.05) is 26.7 Å². The maximum atomic E-state index is 12.0. The number of amides is 1. The first-order valence-corrected chi connectivity index (χ1v) is 7.12. The molecule has 1 heterocycles. The molecule has 19 heavy (non-hydrogen) atoms. The summed E-state index contributed by atoms with van der Waals surface area (Å²) in [5.41, 5.74) is -0.412. The fraction of sp³-hybridized carbons (Fsp3) is 0.800. The fourth-order valence-corrected chi connectivity index (χ4v) is 2.26. The van der Waals surface area contributed by atoms with Crippen LogP contribution in [-0.2, 0) is 4.74 Å².